The quantitative estimate of drug-likeness (QED) is 0.755. The average Bonchev–Trinajstić information content (AvgIpc) is 2.75. The van der Waals surface area contributed by atoms with Gasteiger partial charge >= 0.3 is 0 Å². The van der Waals surface area contributed by atoms with Crippen molar-refractivity contribution in [1.29, 1.82) is 0 Å². The number of nitrogens with two attached hydrogens (primary N) is 1. The molecule has 0 saturated carbocycles. The predicted octanol–water partition coefficient (Wildman–Crippen LogP) is -0.167. The predicted molar refractivity (Wildman–Crippen MR) is 55.9 cm³/mol. The summed E-state index contributed by atoms with van der Waals surface area (Å²) in [6.45, 7) is 0. The topological polar surface area (TPSA) is 69.6 Å². The zero-order valence-electron chi connectivity index (χ0n) is 8.26. The van der Waals surface area contributed by atoms with Crippen molar-refractivity contribution in [1.82, 2.24) is 20.2 Å². The summed E-state index contributed by atoms with van der Waals surface area (Å²) in [6, 6.07) is 0.189. The van der Waals surface area contributed by atoms with Crippen LogP contribution in [0.5, 0.6) is 0 Å². The second-order valence-corrected chi connectivity index (χ2v) is 4.84. The van der Waals surface area contributed by atoms with Crippen molar-refractivity contribution < 1.29 is 0 Å². The lowest BCUT2D eigenvalue weighted by Gasteiger charge is -2.15. The van der Waals surface area contributed by atoms with E-state index in [9.17, 15) is 0 Å². The number of aromatic nitrogens is 4. The van der Waals surface area contributed by atoms with E-state index in [1.165, 1.54) is 22.7 Å². The number of thioether (sulfide) groups is 1. The average molecular weight is 213 g/mol. The van der Waals surface area contributed by atoms with Crippen LogP contribution >= 0.6 is 11.8 Å². The van der Waals surface area contributed by atoms with Crippen molar-refractivity contribution in [2.45, 2.75) is 18.9 Å². The van der Waals surface area contributed by atoms with Gasteiger partial charge in [-0.1, -0.05) is 0 Å². The molecule has 5 nitrogen and oxygen atoms in total. The first kappa shape index (κ1) is 9.92. The lowest BCUT2D eigenvalue weighted by molar-refractivity contribution is 0.454. The van der Waals surface area contributed by atoms with Crippen LogP contribution in [0.15, 0.2) is 0 Å². The minimum absolute atomic E-state index is 0.189. The molecule has 0 aromatic carbocycles. The Morgan fingerprint density at radius 3 is 3.14 bits per heavy atom. The Hall–Kier alpha value is -0.620. The summed E-state index contributed by atoms with van der Waals surface area (Å²) < 4.78 is 0. The SMILES string of the molecule is Cn1nnc(CC(N)C2CCSC2)n1. The molecule has 2 heterocycles. The number of hydrogen-bond acceptors (Lipinski definition) is 5. The molecule has 2 unspecified atom stereocenters. The minimum atomic E-state index is 0.189. The van der Waals surface area contributed by atoms with Crippen LogP contribution in [-0.4, -0.2) is 37.8 Å². The minimum Gasteiger partial charge on any atom is -0.327 e. The van der Waals surface area contributed by atoms with E-state index in [2.05, 4.69) is 15.4 Å². The summed E-state index contributed by atoms with van der Waals surface area (Å²) >= 11 is 1.98. The zero-order chi connectivity index (χ0) is 9.97. The van der Waals surface area contributed by atoms with Gasteiger partial charge in [-0.3, -0.25) is 0 Å². The third kappa shape index (κ3) is 2.24. The maximum Gasteiger partial charge on any atom is 0.176 e. The summed E-state index contributed by atoms with van der Waals surface area (Å²) in [4.78, 5) is 1.48. The van der Waals surface area contributed by atoms with E-state index < -0.39 is 0 Å². The second-order valence-electron chi connectivity index (χ2n) is 3.69. The molecule has 14 heavy (non-hydrogen) atoms. The molecule has 2 rings (SSSR count). The number of tetrazole rings is 1. The first-order valence-corrected chi connectivity index (χ1v) is 5.97. The lowest BCUT2D eigenvalue weighted by Crippen LogP contribution is -2.32. The highest BCUT2D eigenvalue weighted by Gasteiger charge is 2.23. The van der Waals surface area contributed by atoms with Gasteiger partial charge in [-0.2, -0.15) is 16.6 Å². The monoisotopic (exact) mass is 213 g/mol. The highest BCUT2D eigenvalue weighted by Crippen LogP contribution is 2.26. The van der Waals surface area contributed by atoms with E-state index in [-0.39, 0.29) is 6.04 Å². The molecular weight excluding hydrogens is 198 g/mol. The van der Waals surface area contributed by atoms with E-state index in [1.54, 1.807) is 7.05 Å². The van der Waals surface area contributed by atoms with Crippen molar-refractivity contribution in [2.75, 3.05) is 11.5 Å². The molecule has 6 heteroatoms. The fraction of sp³-hybridized carbons (Fsp3) is 0.875. The van der Waals surface area contributed by atoms with Crippen LogP contribution in [0.25, 0.3) is 0 Å². The Morgan fingerprint density at radius 1 is 1.71 bits per heavy atom. The molecular formula is C8H15N5S. The standard InChI is InChI=1S/C8H15N5S/c1-13-11-8(10-12-13)4-7(9)6-2-3-14-5-6/h6-7H,2-5,9H2,1H3. The van der Waals surface area contributed by atoms with E-state index >= 15 is 0 Å². The highest BCUT2D eigenvalue weighted by atomic mass is 32.2. The van der Waals surface area contributed by atoms with Gasteiger partial charge in [0.05, 0.1) is 7.05 Å². The van der Waals surface area contributed by atoms with Crippen molar-refractivity contribution in [3.63, 3.8) is 0 Å². The van der Waals surface area contributed by atoms with Crippen molar-refractivity contribution in [2.24, 2.45) is 18.7 Å². The molecule has 1 aliphatic heterocycles. The molecule has 1 fully saturated rings. The van der Waals surface area contributed by atoms with Gasteiger partial charge in [-0.05, 0) is 29.1 Å². The van der Waals surface area contributed by atoms with Crippen molar-refractivity contribution in [3.8, 4) is 0 Å². The first-order chi connectivity index (χ1) is 6.75. The molecule has 0 bridgehead atoms. The fourth-order valence-corrected chi connectivity index (χ4v) is 3.03. The van der Waals surface area contributed by atoms with E-state index in [1.807, 2.05) is 11.8 Å². The largest absolute Gasteiger partial charge is 0.327 e. The summed E-state index contributed by atoms with van der Waals surface area (Å²) in [5.41, 5.74) is 6.09. The van der Waals surface area contributed by atoms with Crippen molar-refractivity contribution >= 4 is 11.8 Å². The summed E-state index contributed by atoms with van der Waals surface area (Å²) in [7, 11) is 1.77. The molecule has 1 aromatic rings. The second kappa shape index (κ2) is 4.27. The van der Waals surface area contributed by atoms with Gasteiger partial charge in [0.2, 0.25) is 0 Å². The Labute approximate surface area is 87.4 Å². The van der Waals surface area contributed by atoms with Crippen LogP contribution in [-0.2, 0) is 13.5 Å². The number of nitrogens with zero attached hydrogens (tertiary/aromatic N) is 4. The molecule has 0 spiro atoms. The van der Waals surface area contributed by atoms with Crippen molar-refractivity contribution in [3.05, 3.63) is 5.82 Å². The molecule has 0 radical (unpaired) electrons. The van der Waals surface area contributed by atoms with Gasteiger partial charge in [-0.15, -0.1) is 10.2 Å². The van der Waals surface area contributed by atoms with E-state index in [4.69, 9.17) is 5.73 Å². The number of hydrogen-bond donors (Lipinski definition) is 1. The number of aryl methyl sites for hydroxylation is 1. The molecule has 1 saturated heterocycles. The molecule has 2 atom stereocenters. The smallest absolute Gasteiger partial charge is 0.176 e. The molecule has 2 N–H and O–H groups in total. The van der Waals surface area contributed by atoms with Crippen LogP contribution in [0.1, 0.15) is 12.2 Å². The Balaban J connectivity index is 1.90. The van der Waals surface area contributed by atoms with Gasteiger partial charge in [0, 0.05) is 12.5 Å². The third-order valence-corrected chi connectivity index (χ3v) is 3.73. The van der Waals surface area contributed by atoms with E-state index in [0.29, 0.717) is 5.92 Å². The van der Waals surface area contributed by atoms with Gasteiger partial charge in [-0.25, -0.2) is 0 Å². The summed E-state index contributed by atoms with van der Waals surface area (Å²) in [5.74, 6) is 3.81. The fourth-order valence-electron chi connectivity index (χ4n) is 1.67. The first-order valence-electron chi connectivity index (χ1n) is 4.82. The zero-order valence-corrected chi connectivity index (χ0v) is 9.07. The maximum atomic E-state index is 6.09. The van der Waals surface area contributed by atoms with Gasteiger partial charge in [0.25, 0.3) is 0 Å². The van der Waals surface area contributed by atoms with Crippen LogP contribution in [0, 0.1) is 5.92 Å². The number of rotatable bonds is 3. The molecule has 0 amide bonds. The van der Waals surface area contributed by atoms with Gasteiger partial charge < -0.3 is 5.73 Å². The Morgan fingerprint density at radius 2 is 2.57 bits per heavy atom. The molecule has 0 aliphatic carbocycles. The normalized spacial score (nSPS) is 24.0. The van der Waals surface area contributed by atoms with Crippen LogP contribution in [0.3, 0.4) is 0 Å². The maximum absolute atomic E-state index is 6.09. The van der Waals surface area contributed by atoms with Crippen LogP contribution in [0.4, 0.5) is 0 Å². The lowest BCUT2D eigenvalue weighted by atomic mass is 9.97. The summed E-state index contributed by atoms with van der Waals surface area (Å²) in [5, 5.41) is 11.9. The third-order valence-electron chi connectivity index (χ3n) is 2.54. The van der Waals surface area contributed by atoms with E-state index in [0.717, 1.165) is 12.2 Å². The van der Waals surface area contributed by atoms with Crippen LogP contribution in [0.2, 0.25) is 0 Å². The van der Waals surface area contributed by atoms with Gasteiger partial charge in [0.1, 0.15) is 0 Å². The van der Waals surface area contributed by atoms with Crippen LogP contribution < -0.4 is 5.73 Å². The molecule has 1 aromatic heterocycles. The summed E-state index contributed by atoms with van der Waals surface area (Å²) in [6.07, 6.45) is 1.98. The Kier molecular flexibility index (Phi) is 3.02. The Bertz CT molecular complexity index is 294. The highest BCUT2D eigenvalue weighted by molar-refractivity contribution is 7.99. The molecule has 1 aliphatic rings. The van der Waals surface area contributed by atoms with Gasteiger partial charge in [0.15, 0.2) is 5.82 Å². The molecule has 78 valence electrons.